The summed E-state index contributed by atoms with van der Waals surface area (Å²) < 4.78 is 36.2. The van der Waals surface area contributed by atoms with E-state index in [1.54, 1.807) is 10.7 Å². The molecule has 0 fully saturated rings. The van der Waals surface area contributed by atoms with Crippen molar-refractivity contribution in [3.63, 3.8) is 0 Å². The molecule has 0 atom stereocenters. The largest absolute Gasteiger partial charge is 0.493 e. The fourth-order valence-corrected chi connectivity index (χ4v) is 2.87. The number of nitrogens with one attached hydrogen (secondary N) is 1. The van der Waals surface area contributed by atoms with Gasteiger partial charge in [-0.05, 0) is 38.0 Å². The maximum atomic E-state index is 12.5. The Labute approximate surface area is 161 Å². The molecule has 1 amide bonds. The number of ether oxygens (including phenoxy) is 2. The Bertz CT molecular complexity index is 875. The number of halogens is 2. The summed E-state index contributed by atoms with van der Waals surface area (Å²) in [6, 6.07) is 6.37. The van der Waals surface area contributed by atoms with E-state index in [1.807, 2.05) is 13.8 Å². The van der Waals surface area contributed by atoms with Crippen LogP contribution in [0, 0.1) is 25.2 Å². The van der Waals surface area contributed by atoms with E-state index in [0.717, 1.165) is 17.0 Å². The third-order valence-corrected chi connectivity index (χ3v) is 4.23. The summed E-state index contributed by atoms with van der Waals surface area (Å²) in [6.07, 6.45) is 1.04. The number of benzene rings is 1. The van der Waals surface area contributed by atoms with E-state index in [9.17, 15) is 13.6 Å². The van der Waals surface area contributed by atoms with Crippen molar-refractivity contribution in [2.75, 3.05) is 12.4 Å². The average Bonchev–Trinajstić information content (AvgIpc) is 2.91. The molecule has 0 unspecified atom stereocenters. The molecule has 0 radical (unpaired) electrons. The fraction of sp³-hybridized carbons (Fsp3) is 0.421. The van der Waals surface area contributed by atoms with E-state index >= 15 is 0 Å². The summed E-state index contributed by atoms with van der Waals surface area (Å²) in [5.41, 5.74) is 3.04. The Balaban J connectivity index is 2.01. The van der Waals surface area contributed by atoms with Gasteiger partial charge in [-0.15, -0.1) is 0 Å². The number of alkyl halides is 2. The van der Waals surface area contributed by atoms with Crippen LogP contribution in [-0.2, 0) is 17.8 Å². The van der Waals surface area contributed by atoms with Gasteiger partial charge in [-0.3, -0.25) is 9.48 Å². The number of hydrogen-bond donors (Lipinski definition) is 1. The summed E-state index contributed by atoms with van der Waals surface area (Å²) in [5.74, 6) is -0.271. The minimum atomic E-state index is -3.00. The lowest BCUT2D eigenvalue weighted by atomic mass is 10.1. The first kappa shape index (κ1) is 21.2. The molecule has 2 aromatic rings. The monoisotopic (exact) mass is 392 g/mol. The van der Waals surface area contributed by atoms with Crippen LogP contribution in [0.1, 0.15) is 29.8 Å². The minimum Gasteiger partial charge on any atom is -0.493 e. The van der Waals surface area contributed by atoms with Crippen LogP contribution in [0.4, 0.5) is 14.5 Å². The highest BCUT2D eigenvalue weighted by atomic mass is 19.3. The second kappa shape index (κ2) is 9.69. The second-order valence-corrected chi connectivity index (χ2v) is 6.07. The molecule has 0 saturated carbocycles. The number of aromatic nitrogens is 2. The third-order valence-electron chi connectivity index (χ3n) is 4.23. The van der Waals surface area contributed by atoms with Crippen molar-refractivity contribution in [3.05, 3.63) is 35.2 Å². The maximum absolute atomic E-state index is 12.5. The zero-order valence-corrected chi connectivity index (χ0v) is 16.0. The molecule has 0 saturated heterocycles. The predicted octanol–water partition coefficient (Wildman–Crippen LogP) is 3.59. The van der Waals surface area contributed by atoms with Crippen LogP contribution in [0.5, 0.6) is 11.5 Å². The smallest absolute Gasteiger partial charge is 0.387 e. The number of nitriles is 1. The van der Waals surface area contributed by atoms with Crippen molar-refractivity contribution in [2.45, 2.75) is 46.3 Å². The van der Waals surface area contributed by atoms with Gasteiger partial charge in [0.2, 0.25) is 5.91 Å². The van der Waals surface area contributed by atoms with Crippen molar-refractivity contribution >= 4 is 11.6 Å². The Morgan fingerprint density at radius 1 is 1.36 bits per heavy atom. The van der Waals surface area contributed by atoms with Crippen LogP contribution in [-0.4, -0.2) is 29.4 Å². The molecule has 2 rings (SSSR count). The van der Waals surface area contributed by atoms with Crippen LogP contribution < -0.4 is 14.8 Å². The number of anilines is 1. The number of aryl methyl sites for hydroxylation is 2. The van der Waals surface area contributed by atoms with E-state index in [4.69, 9.17) is 10.00 Å². The lowest BCUT2D eigenvalue weighted by Gasteiger charge is -2.12. The number of nitrogens with zero attached hydrogens (tertiary/aromatic N) is 3. The molecule has 7 nitrogen and oxygen atoms in total. The highest BCUT2D eigenvalue weighted by Crippen LogP contribution is 2.31. The van der Waals surface area contributed by atoms with Gasteiger partial charge in [0.25, 0.3) is 0 Å². The summed E-state index contributed by atoms with van der Waals surface area (Å²) in [4.78, 5) is 12.3. The molecule has 0 aliphatic rings. The molecule has 150 valence electrons. The van der Waals surface area contributed by atoms with Gasteiger partial charge in [-0.1, -0.05) is 0 Å². The first-order valence-electron chi connectivity index (χ1n) is 8.68. The van der Waals surface area contributed by atoms with Crippen LogP contribution in [0.15, 0.2) is 18.2 Å². The minimum absolute atomic E-state index is 0.148. The molecular formula is C19H22F2N4O3. The van der Waals surface area contributed by atoms with E-state index in [1.165, 1.54) is 19.2 Å². The fourth-order valence-electron chi connectivity index (χ4n) is 2.87. The van der Waals surface area contributed by atoms with Gasteiger partial charge >= 0.3 is 6.61 Å². The van der Waals surface area contributed by atoms with E-state index in [-0.39, 0.29) is 23.8 Å². The predicted molar refractivity (Wildman–Crippen MR) is 98.5 cm³/mol. The van der Waals surface area contributed by atoms with Gasteiger partial charge in [0, 0.05) is 23.9 Å². The zero-order valence-electron chi connectivity index (χ0n) is 16.0. The molecule has 28 heavy (non-hydrogen) atoms. The standard InChI is InChI=1S/C19H22F2N4O3/c1-12-15(13(2)25(24-12)10-4-9-22)6-8-18(26)23-14-5-7-16(27-3)17(11-14)28-19(20)21/h5,7,11,19H,4,6,8,10H2,1-3H3,(H,23,26). The van der Waals surface area contributed by atoms with Crippen LogP contribution >= 0.6 is 0 Å². The molecule has 0 bridgehead atoms. The summed E-state index contributed by atoms with van der Waals surface area (Å²) in [7, 11) is 1.34. The van der Waals surface area contributed by atoms with E-state index in [2.05, 4.69) is 21.2 Å². The van der Waals surface area contributed by atoms with Gasteiger partial charge in [0.15, 0.2) is 11.5 Å². The van der Waals surface area contributed by atoms with Gasteiger partial charge in [-0.2, -0.15) is 19.1 Å². The molecule has 0 aliphatic carbocycles. The Morgan fingerprint density at radius 3 is 2.75 bits per heavy atom. The normalized spacial score (nSPS) is 10.6. The summed E-state index contributed by atoms with van der Waals surface area (Å²) >= 11 is 0. The van der Waals surface area contributed by atoms with Gasteiger partial charge in [0.05, 0.1) is 31.8 Å². The first-order chi connectivity index (χ1) is 13.3. The van der Waals surface area contributed by atoms with Gasteiger partial charge in [0.1, 0.15) is 0 Å². The Hall–Kier alpha value is -3.15. The molecule has 1 N–H and O–H groups in total. The number of amides is 1. The highest BCUT2D eigenvalue weighted by molar-refractivity contribution is 5.91. The number of carbonyl (C=O) groups is 1. The van der Waals surface area contributed by atoms with Gasteiger partial charge < -0.3 is 14.8 Å². The highest BCUT2D eigenvalue weighted by Gasteiger charge is 2.15. The molecule has 0 spiro atoms. The van der Waals surface area contributed by atoms with E-state index < -0.39 is 6.61 Å². The Kier molecular flexibility index (Phi) is 7.32. The van der Waals surface area contributed by atoms with E-state index in [0.29, 0.717) is 25.1 Å². The topological polar surface area (TPSA) is 89.2 Å². The Morgan fingerprint density at radius 2 is 2.11 bits per heavy atom. The number of methoxy groups -OCH3 is 1. The van der Waals surface area contributed by atoms with Crippen molar-refractivity contribution in [1.82, 2.24) is 9.78 Å². The maximum Gasteiger partial charge on any atom is 0.387 e. The van der Waals surface area contributed by atoms with Crippen LogP contribution in [0.2, 0.25) is 0 Å². The number of hydrogen-bond acceptors (Lipinski definition) is 5. The number of carbonyl (C=O) groups excluding carboxylic acids is 1. The lowest BCUT2D eigenvalue weighted by molar-refractivity contribution is -0.116. The van der Waals surface area contributed by atoms with Crippen molar-refractivity contribution < 1.29 is 23.0 Å². The van der Waals surface area contributed by atoms with Gasteiger partial charge in [-0.25, -0.2) is 0 Å². The van der Waals surface area contributed by atoms with Crippen LogP contribution in [0.3, 0.4) is 0 Å². The molecule has 1 aromatic carbocycles. The SMILES string of the molecule is COc1ccc(NC(=O)CCc2c(C)nn(CCC#N)c2C)cc1OC(F)F. The quantitative estimate of drug-likeness (QED) is 0.704. The first-order valence-corrected chi connectivity index (χ1v) is 8.68. The van der Waals surface area contributed by atoms with Crippen molar-refractivity contribution in [3.8, 4) is 17.6 Å². The summed E-state index contributed by atoms with van der Waals surface area (Å²) in [5, 5.41) is 15.8. The zero-order chi connectivity index (χ0) is 20.7. The summed E-state index contributed by atoms with van der Waals surface area (Å²) in [6.45, 7) is 1.28. The lowest BCUT2D eigenvalue weighted by Crippen LogP contribution is -2.13. The second-order valence-electron chi connectivity index (χ2n) is 6.07. The van der Waals surface area contributed by atoms with Crippen LogP contribution in [0.25, 0.3) is 0 Å². The van der Waals surface area contributed by atoms with Crippen molar-refractivity contribution in [1.29, 1.82) is 5.26 Å². The molecule has 0 aliphatic heterocycles. The molecular weight excluding hydrogens is 370 g/mol. The molecule has 9 heteroatoms. The number of rotatable bonds is 9. The average molecular weight is 392 g/mol. The van der Waals surface area contributed by atoms with Crippen molar-refractivity contribution in [2.24, 2.45) is 0 Å². The molecule has 1 aromatic heterocycles. The third kappa shape index (κ3) is 5.42. The molecule has 1 heterocycles.